The fourth-order valence-electron chi connectivity index (χ4n) is 10.1. The lowest BCUT2D eigenvalue weighted by molar-refractivity contribution is -0.207. The van der Waals surface area contributed by atoms with Gasteiger partial charge in [-0.25, -0.2) is 0 Å². The van der Waals surface area contributed by atoms with Crippen LogP contribution in [0.5, 0.6) is 0 Å². The fourth-order valence-corrected chi connectivity index (χ4v) is 10.1. The molecule has 0 aromatic carbocycles. The van der Waals surface area contributed by atoms with Gasteiger partial charge in [0.25, 0.3) is 0 Å². The molecule has 0 aliphatic heterocycles. The monoisotopic (exact) mass is 442 g/mol. The van der Waals surface area contributed by atoms with Gasteiger partial charge in [0, 0.05) is 11.8 Å². The van der Waals surface area contributed by atoms with E-state index in [1.807, 2.05) is 0 Å². The molecule has 32 heavy (non-hydrogen) atoms. The first-order valence-electron chi connectivity index (χ1n) is 13.6. The summed E-state index contributed by atoms with van der Waals surface area (Å²) in [6.45, 7) is 18.7. The summed E-state index contributed by atoms with van der Waals surface area (Å²) in [5, 5.41) is 11.6. The highest BCUT2D eigenvalue weighted by molar-refractivity contribution is 5.85. The van der Waals surface area contributed by atoms with Crippen molar-refractivity contribution in [1.82, 2.24) is 0 Å². The van der Waals surface area contributed by atoms with Gasteiger partial charge in [-0.2, -0.15) is 0 Å². The van der Waals surface area contributed by atoms with Crippen molar-refractivity contribution in [3.8, 4) is 0 Å². The van der Waals surface area contributed by atoms with Crippen LogP contribution in [-0.4, -0.2) is 16.5 Å². The molecule has 0 amide bonds. The summed E-state index contributed by atoms with van der Waals surface area (Å²) in [5.74, 6) is 2.78. The van der Waals surface area contributed by atoms with E-state index in [1.54, 1.807) is 0 Å². The Balaban J connectivity index is 1.62. The van der Waals surface area contributed by atoms with Crippen molar-refractivity contribution in [1.29, 1.82) is 0 Å². The van der Waals surface area contributed by atoms with E-state index in [-0.39, 0.29) is 10.8 Å². The maximum atomic E-state index is 12.8. The van der Waals surface area contributed by atoms with Crippen molar-refractivity contribution in [2.75, 3.05) is 0 Å². The van der Waals surface area contributed by atoms with E-state index in [0.29, 0.717) is 40.3 Å². The highest BCUT2D eigenvalue weighted by Gasteiger charge is 2.69. The van der Waals surface area contributed by atoms with E-state index in [4.69, 9.17) is 0 Å². The Morgan fingerprint density at radius 1 is 0.969 bits per heavy atom. The van der Waals surface area contributed by atoms with Crippen LogP contribution in [0.15, 0.2) is 11.6 Å². The Morgan fingerprint density at radius 2 is 1.62 bits per heavy atom. The third kappa shape index (κ3) is 3.32. The number of fused-ring (bicyclic) bond motifs is 5. The minimum atomic E-state index is -0.572. The molecule has 0 radical (unpaired) electrons. The molecule has 0 saturated heterocycles. The van der Waals surface area contributed by atoms with Crippen molar-refractivity contribution in [3.05, 3.63) is 11.6 Å². The molecule has 0 spiro atoms. The predicted molar refractivity (Wildman–Crippen MR) is 133 cm³/mol. The molecule has 8 atom stereocenters. The van der Waals surface area contributed by atoms with Crippen LogP contribution in [0.25, 0.3) is 0 Å². The summed E-state index contributed by atoms with van der Waals surface area (Å²) in [7, 11) is 0. The summed E-state index contributed by atoms with van der Waals surface area (Å²) >= 11 is 0. The first-order chi connectivity index (χ1) is 14.7. The Bertz CT molecular complexity index is 787. The Labute approximate surface area is 198 Å². The molecule has 2 unspecified atom stereocenters. The first kappa shape index (κ1) is 24.5. The maximum absolute atomic E-state index is 12.8. The topological polar surface area (TPSA) is 37.3 Å². The predicted octanol–water partition coefficient (Wildman–Crippen LogP) is 7.74. The Morgan fingerprint density at radius 3 is 2.28 bits per heavy atom. The molecule has 4 fully saturated rings. The second kappa shape index (κ2) is 7.69. The molecular weight excluding hydrogens is 392 g/mol. The van der Waals surface area contributed by atoms with Gasteiger partial charge in [-0.15, -0.1) is 0 Å². The summed E-state index contributed by atoms with van der Waals surface area (Å²) < 4.78 is 0. The molecule has 4 rings (SSSR count). The van der Waals surface area contributed by atoms with Gasteiger partial charge in [-0.1, -0.05) is 46.3 Å². The smallest absolute Gasteiger partial charge is 0.138 e. The summed E-state index contributed by atoms with van der Waals surface area (Å²) in [4.78, 5) is 12.8. The van der Waals surface area contributed by atoms with E-state index in [1.165, 1.54) is 44.1 Å². The van der Waals surface area contributed by atoms with Crippen LogP contribution < -0.4 is 0 Å². The number of allylic oxidation sites excluding steroid dienone is 2. The number of aliphatic hydroxyl groups is 1. The second-order valence-corrected chi connectivity index (χ2v) is 14.1. The summed E-state index contributed by atoms with van der Waals surface area (Å²) in [6.07, 6.45) is 13.5. The van der Waals surface area contributed by atoms with E-state index >= 15 is 0 Å². The van der Waals surface area contributed by atoms with Gasteiger partial charge >= 0.3 is 0 Å². The van der Waals surface area contributed by atoms with Gasteiger partial charge in [-0.05, 0) is 118 Å². The van der Waals surface area contributed by atoms with Gasteiger partial charge in [0.05, 0.1) is 5.60 Å². The molecule has 2 heteroatoms. The minimum absolute atomic E-state index is 0.168. The molecule has 4 aliphatic rings. The van der Waals surface area contributed by atoms with E-state index in [9.17, 15) is 9.90 Å². The van der Waals surface area contributed by atoms with Gasteiger partial charge in [0.2, 0.25) is 0 Å². The lowest BCUT2D eigenvalue weighted by Crippen LogP contribution is -2.63. The molecule has 1 N–H and O–H groups in total. The van der Waals surface area contributed by atoms with Gasteiger partial charge < -0.3 is 5.11 Å². The molecule has 4 aliphatic carbocycles. The minimum Gasteiger partial charge on any atom is -0.390 e. The number of carbonyl (C=O) groups is 1. The molecule has 0 aromatic heterocycles. The van der Waals surface area contributed by atoms with E-state index in [2.05, 4.69) is 61.5 Å². The third-order valence-electron chi connectivity index (χ3n) is 12.1. The van der Waals surface area contributed by atoms with Gasteiger partial charge in [0.1, 0.15) is 5.78 Å². The fraction of sp³-hybridized carbons (Fsp3) is 0.900. The van der Waals surface area contributed by atoms with Crippen LogP contribution in [0.1, 0.15) is 120 Å². The number of Topliss-reactive ketones (excluding diaryl/α,β-unsaturated/α-hetero) is 1. The first-order valence-corrected chi connectivity index (χ1v) is 13.6. The molecule has 0 aromatic rings. The van der Waals surface area contributed by atoms with Crippen LogP contribution in [0.4, 0.5) is 0 Å². The molecule has 0 heterocycles. The maximum Gasteiger partial charge on any atom is 0.138 e. The van der Waals surface area contributed by atoms with Gasteiger partial charge in [-0.3, -0.25) is 4.79 Å². The average molecular weight is 443 g/mol. The molecule has 182 valence electrons. The van der Waals surface area contributed by atoms with Crippen molar-refractivity contribution in [2.45, 2.75) is 125 Å². The quantitative estimate of drug-likeness (QED) is 0.452. The second-order valence-electron chi connectivity index (χ2n) is 14.1. The van der Waals surface area contributed by atoms with Crippen molar-refractivity contribution in [2.24, 2.45) is 45.3 Å². The third-order valence-corrected chi connectivity index (χ3v) is 12.1. The molecule has 4 saturated carbocycles. The lowest BCUT2D eigenvalue weighted by Gasteiger charge is -2.69. The molecular formula is C30H50O2. The Hall–Kier alpha value is -0.630. The van der Waals surface area contributed by atoms with E-state index in [0.717, 1.165) is 25.7 Å². The summed E-state index contributed by atoms with van der Waals surface area (Å²) in [6, 6.07) is 0. The Kier molecular flexibility index (Phi) is 5.89. The van der Waals surface area contributed by atoms with Crippen molar-refractivity contribution in [3.63, 3.8) is 0 Å². The summed E-state index contributed by atoms with van der Waals surface area (Å²) in [5.41, 5.74) is 1.52. The lowest BCUT2D eigenvalue weighted by atomic mass is 9.35. The standard InChI is InChI=1S/C30H50O2/c1-20(2)10-9-16-30(8,32)22-13-18-28(6)21(22)11-12-24-27(5)17-15-25(31)26(3,4)23(27)14-19-29(24,28)7/h10,21-24,32H,9,11-19H2,1-8H3/t21?,22-,23-,24?,27-,28+,29+,30-/m0/s1. The number of carbonyl (C=O) groups excluding carboxylic acids is 1. The molecule has 2 nitrogen and oxygen atoms in total. The normalized spacial score (nSPS) is 47.1. The molecule has 0 bridgehead atoms. The van der Waals surface area contributed by atoms with Crippen LogP contribution in [0.3, 0.4) is 0 Å². The zero-order valence-electron chi connectivity index (χ0n) is 22.3. The van der Waals surface area contributed by atoms with Gasteiger partial charge in [0.15, 0.2) is 0 Å². The highest BCUT2D eigenvalue weighted by Crippen LogP contribution is 2.75. The number of ketones is 1. The largest absolute Gasteiger partial charge is 0.390 e. The van der Waals surface area contributed by atoms with Crippen molar-refractivity contribution >= 4 is 5.78 Å². The SMILES string of the molecule is CC(C)=CCC[C@](C)(O)[C@H]1CC[C@]2(C)C1CCC1[C@@]3(C)CCC(=O)C(C)(C)[C@@H]3CC[C@]12C. The van der Waals surface area contributed by atoms with Crippen LogP contribution in [0, 0.1) is 45.3 Å². The van der Waals surface area contributed by atoms with Crippen LogP contribution in [-0.2, 0) is 4.79 Å². The zero-order chi connectivity index (χ0) is 23.7. The number of hydrogen-bond acceptors (Lipinski definition) is 2. The number of hydrogen-bond donors (Lipinski definition) is 1. The zero-order valence-corrected chi connectivity index (χ0v) is 22.3. The highest BCUT2D eigenvalue weighted by atomic mass is 16.3. The number of rotatable bonds is 4. The van der Waals surface area contributed by atoms with Crippen LogP contribution >= 0.6 is 0 Å². The van der Waals surface area contributed by atoms with Crippen LogP contribution in [0.2, 0.25) is 0 Å². The average Bonchev–Trinajstić information content (AvgIpc) is 3.04. The van der Waals surface area contributed by atoms with E-state index < -0.39 is 5.60 Å². The van der Waals surface area contributed by atoms with Crippen molar-refractivity contribution < 1.29 is 9.90 Å².